The maximum Gasteiger partial charge on any atom is 0.175 e. The molecule has 0 saturated carbocycles. The molecule has 0 aliphatic rings. The Hall–Kier alpha value is -0.970. The molecule has 1 rings (SSSR count). The van der Waals surface area contributed by atoms with Crippen molar-refractivity contribution in [3.05, 3.63) is 5.82 Å². The van der Waals surface area contributed by atoms with Gasteiger partial charge in [-0.15, -0.1) is 10.2 Å². The summed E-state index contributed by atoms with van der Waals surface area (Å²) in [4.78, 5) is 1.44. The summed E-state index contributed by atoms with van der Waals surface area (Å²) in [6, 6.07) is 0. The number of aromatic nitrogens is 4. The summed E-state index contributed by atoms with van der Waals surface area (Å²) in [7, 11) is 1.74. The molecule has 1 N–H and O–H groups in total. The van der Waals surface area contributed by atoms with Crippen LogP contribution >= 0.6 is 0 Å². The van der Waals surface area contributed by atoms with Crippen LogP contribution in [0.15, 0.2) is 0 Å². The Labute approximate surface area is 84.1 Å². The summed E-state index contributed by atoms with van der Waals surface area (Å²) in [6.07, 6.45) is 0.349. The largest absolute Gasteiger partial charge is 0.393 e. The Bertz CT molecular complexity index is 274. The molecule has 0 aromatic carbocycles. The van der Waals surface area contributed by atoms with Gasteiger partial charge in [0.05, 0.1) is 13.2 Å². The SMILES string of the molecule is CC(C)C(Cc1nnn(C)n1)C(C)O. The molecule has 0 radical (unpaired) electrons. The molecule has 2 unspecified atom stereocenters. The van der Waals surface area contributed by atoms with Crippen molar-refractivity contribution in [3.8, 4) is 0 Å². The van der Waals surface area contributed by atoms with Crippen LogP contribution in [0.3, 0.4) is 0 Å². The minimum Gasteiger partial charge on any atom is -0.393 e. The fraction of sp³-hybridized carbons (Fsp3) is 0.889. The van der Waals surface area contributed by atoms with E-state index in [0.29, 0.717) is 18.2 Å². The molecule has 1 aromatic heterocycles. The van der Waals surface area contributed by atoms with E-state index in [2.05, 4.69) is 29.3 Å². The van der Waals surface area contributed by atoms with Crippen molar-refractivity contribution < 1.29 is 5.11 Å². The summed E-state index contributed by atoms with van der Waals surface area (Å²) in [5, 5.41) is 21.3. The quantitative estimate of drug-likeness (QED) is 0.761. The van der Waals surface area contributed by atoms with Crippen molar-refractivity contribution in [2.75, 3.05) is 0 Å². The van der Waals surface area contributed by atoms with Crippen molar-refractivity contribution >= 4 is 0 Å². The van der Waals surface area contributed by atoms with Crippen LogP contribution in [-0.4, -0.2) is 31.4 Å². The molecule has 0 amide bonds. The van der Waals surface area contributed by atoms with Gasteiger partial charge in [-0.3, -0.25) is 0 Å². The monoisotopic (exact) mass is 198 g/mol. The number of rotatable bonds is 4. The second-order valence-corrected chi connectivity index (χ2v) is 4.05. The molecule has 5 heteroatoms. The molecule has 14 heavy (non-hydrogen) atoms. The number of tetrazole rings is 1. The smallest absolute Gasteiger partial charge is 0.175 e. The summed E-state index contributed by atoms with van der Waals surface area (Å²) in [5.41, 5.74) is 0. The van der Waals surface area contributed by atoms with E-state index in [1.165, 1.54) is 4.80 Å². The van der Waals surface area contributed by atoms with Gasteiger partial charge in [0.2, 0.25) is 0 Å². The first-order valence-electron chi connectivity index (χ1n) is 4.91. The normalized spacial score (nSPS) is 15.9. The summed E-state index contributed by atoms with van der Waals surface area (Å²) in [6.45, 7) is 5.99. The third-order valence-corrected chi connectivity index (χ3v) is 2.44. The highest BCUT2D eigenvalue weighted by Gasteiger charge is 2.21. The maximum atomic E-state index is 9.57. The van der Waals surface area contributed by atoms with E-state index in [0.717, 1.165) is 0 Å². The van der Waals surface area contributed by atoms with Crippen molar-refractivity contribution in [1.29, 1.82) is 0 Å². The predicted molar refractivity (Wildman–Crippen MR) is 52.5 cm³/mol. The Kier molecular flexibility index (Phi) is 3.57. The molecule has 0 spiro atoms. The van der Waals surface area contributed by atoms with Gasteiger partial charge in [0, 0.05) is 6.42 Å². The zero-order valence-electron chi connectivity index (χ0n) is 9.18. The number of aliphatic hydroxyl groups excluding tert-OH is 1. The highest BCUT2D eigenvalue weighted by molar-refractivity contribution is 4.84. The molecular weight excluding hydrogens is 180 g/mol. The van der Waals surface area contributed by atoms with Gasteiger partial charge >= 0.3 is 0 Å². The van der Waals surface area contributed by atoms with Crippen LogP contribution in [0, 0.1) is 11.8 Å². The number of hydrogen-bond donors (Lipinski definition) is 1. The molecule has 1 aromatic rings. The van der Waals surface area contributed by atoms with E-state index in [9.17, 15) is 5.11 Å². The minimum absolute atomic E-state index is 0.194. The number of aliphatic hydroxyl groups is 1. The van der Waals surface area contributed by atoms with Gasteiger partial charge in [-0.05, 0) is 24.0 Å². The fourth-order valence-corrected chi connectivity index (χ4v) is 1.58. The lowest BCUT2D eigenvalue weighted by Gasteiger charge is -2.21. The maximum absolute atomic E-state index is 9.57. The molecule has 0 aliphatic carbocycles. The van der Waals surface area contributed by atoms with Gasteiger partial charge in [0.15, 0.2) is 5.82 Å². The lowest BCUT2D eigenvalue weighted by molar-refractivity contribution is 0.0963. The fourth-order valence-electron chi connectivity index (χ4n) is 1.58. The Balaban J connectivity index is 2.64. The molecule has 0 saturated heterocycles. The number of nitrogens with zero attached hydrogens (tertiary/aromatic N) is 4. The first-order valence-corrected chi connectivity index (χ1v) is 4.91. The van der Waals surface area contributed by atoms with Crippen LogP contribution in [0.5, 0.6) is 0 Å². The first-order chi connectivity index (χ1) is 6.50. The van der Waals surface area contributed by atoms with Crippen molar-refractivity contribution in [1.82, 2.24) is 20.2 Å². The van der Waals surface area contributed by atoms with Crippen LogP contribution in [0.1, 0.15) is 26.6 Å². The van der Waals surface area contributed by atoms with Crippen molar-refractivity contribution in [2.24, 2.45) is 18.9 Å². The molecule has 0 fully saturated rings. The van der Waals surface area contributed by atoms with Crippen molar-refractivity contribution in [3.63, 3.8) is 0 Å². The predicted octanol–water partition coefficient (Wildman–Crippen LogP) is 0.406. The van der Waals surface area contributed by atoms with Crippen LogP contribution in [0.2, 0.25) is 0 Å². The van der Waals surface area contributed by atoms with E-state index in [1.807, 2.05) is 0 Å². The van der Waals surface area contributed by atoms with Gasteiger partial charge in [-0.25, -0.2) is 0 Å². The number of aryl methyl sites for hydroxylation is 1. The molecule has 5 nitrogen and oxygen atoms in total. The highest BCUT2D eigenvalue weighted by Crippen LogP contribution is 2.18. The molecule has 0 aliphatic heterocycles. The molecule has 80 valence electrons. The van der Waals surface area contributed by atoms with E-state index >= 15 is 0 Å². The van der Waals surface area contributed by atoms with Crippen LogP contribution in [0.4, 0.5) is 0 Å². The Morgan fingerprint density at radius 1 is 1.36 bits per heavy atom. The van der Waals surface area contributed by atoms with E-state index in [-0.39, 0.29) is 12.0 Å². The van der Waals surface area contributed by atoms with Gasteiger partial charge < -0.3 is 5.11 Å². The molecule has 0 bridgehead atoms. The third kappa shape index (κ3) is 2.77. The average Bonchev–Trinajstić information content (AvgIpc) is 2.46. The van der Waals surface area contributed by atoms with Crippen LogP contribution in [-0.2, 0) is 13.5 Å². The Morgan fingerprint density at radius 2 is 2.00 bits per heavy atom. The first kappa shape index (κ1) is 11.1. The molecule has 1 heterocycles. The summed E-state index contributed by atoms with van der Waals surface area (Å²) >= 11 is 0. The minimum atomic E-state index is -0.334. The van der Waals surface area contributed by atoms with Gasteiger partial charge in [0.1, 0.15) is 0 Å². The van der Waals surface area contributed by atoms with E-state index in [4.69, 9.17) is 0 Å². The van der Waals surface area contributed by atoms with Crippen LogP contribution < -0.4 is 0 Å². The summed E-state index contributed by atoms with van der Waals surface area (Å²) in [5.74, 6) is 1.31. The third-order valence-electron chi connectivity index (χ3n) is 2.44. The topological polar surface area (TPSA) is 63.8 Å². The summed E-state index contributed by atoms with van der Waals surface area (Å²) < 4.78 is 0. The zero-order valence-corrected chi connectivity index (χ0v) is 9.18. The van der Waals surface area contributed by atoms with Crippen molar-refractivity contribution in [2.45, 2.75) is 33.3 Å². The van der Waals surface area contributed by atoms with Crippen LogP contribution in [0.25, 0.3) is 0 Å². The molecule has 2 atom stereocenters. The number of hydrogen-bond acceptors (Lipinski definition) is 4. The van der Waals surface area contributed by atoms with E-state index in [1.54, 1.807) is 14.0 Å². The van der Waals surface area contributed by atoms with Gasteiger partial charge in [-0.2, -0.15) is 4.80 Å². The second-order valence-electron chi connectivity index (χ2n) is 4.05. The van der Waals surface area contributed by atoms with Gasteiger partial charge in [-0.1, -0.05) is 13.8 Å². The molecular formula is C9H18N4O. The second kappa shape index (κ2) is 4.50. The lowest BCUT2D eigenvalue weighted by Crippen LogP contribution is -2.25. The standard InChI is InChI=1S/C9H18N4O/c1-6(2)8(7(3)14)5-9-10-12-13(4)11-9/h6-8,14H,5H2,1-4H3. The van der Waals surface area contributed by atoms with Gasteiger partial charge in [0.25, 0.3) is 0 Å². The Morgan fingerprint density at radius 3 is 2.36 bits per heavy atom. The van der Waals surface area contributed by atoms with E-state index < -0.39 is 0 Å². The highest BCUT2D eigenvalue weighted by atomic mass is 16.3. The lowest BCUT2D eigenvalue weighted by atomic mass is 9.88. The zero-order chi connectivity index (χ0) is 10.7. The average molecular weight is 198 g/mol.